The van der Waals surface area contributed by atoms with Gasteiger partial charge in [-0.15, -0.1) is 0 Å². The van der Waals surface area contributed by atoms with Crippen LogP contribution in [0.5, 0.6) is 0 Å². The summed E-state index contributed by atoms with van der Waals surface area (Å²) in [7, 11) is 0. The summed E-state index contributed by atoms with van der Waals surface area (Å²) in [6, 6.07) is 7.21. The summed E-state index contributed by atoms with van der Waals surface area (Å²) in [5.41, 5.74) is 1.64. The van der Waals surface area contributed by atoms with Gasteiger partial charge in [0, 0.05) is 18.0 Å². The zero-order valence-corrected chi connectivity index (χ0v) is 8.81. The highest BCUT2D eigenvalue weighted by Crippen LogP contribution is 2.02. The SMILES string of the molecule is CCCCc1cc(=O)n2ccccc2n1. The van der Waals surface area contributed by atoms with Crippen LogP contribution in [0.2, 0.25) is 0 Å². The molecule has 0 aliphatic heterocycles. The van der Waals surface area contributed by atoms with Crippen molar-refractivity contribution in [3.05, 3.63) is 46.5 Å². The smallest absolute Gasteiger partial charge is 0.258 e. The van der Waals surface area contributed by atoms with Gasteiger partial charge >= 0.3 is 0 Å². The number of unbranched alkanes of at least 4 members (excludes halogenated alkanes) is 1. The van der Waals surface area contributed by atoms with E-state index in [0.29, 0.717) is 0 Å². The summed E-state index contributed by atoms with van der Waals surface area (Å²) in [4.78, 5) is 16.1. The molecule has 2 rings (SSSR count). The molecule has 0 saturated carbocycles. The van der Waals surface area contributed by atoms with Gasteiger partial charge in [-0.25, -0.2) is 4.98 Å². The molecule has 0 N–H and O–H groups in total. The zero-order chi connectivity index (χ0) is 10.7. The maximum atomic E-state index is 11.7. The van der Waals surface area contributed by atoms with E-state index in [1.165, 1.54) is 0 Å². The Morgan fingerprint density at radius 3 is 3.07 bits per heavy atom. The molecule has 0 unspecified atom stereocenters. The van der Waals surface area contributed by atoms with Gasteiger partial charge in [0.05, 0.1) is 0 Å². The molecule has 3 nitrogen and oxygen atoms in total. The maximum Gasteiger partial charge on any atom is 0.258 e. The molecule has 15 heavy (non-hydrogen) atoms. The van der Waals surface area contributed by atoms with E-state index in [4.69, 9.17) is 0 Å². The molecule has 0 aliphatic carbocycles. The fraction of sp³-hybridized carbons (Fsp3) is 0.333. The van der Waals surface area contributed by atoms with Crippen LogP contribution in [0.15, 0.2) is 35.3 Å². The van der Waals surface area contributed by atoms with E-state index in [1.54, 1.807) is 16.7 Å². The monoisotopic (exact) mass is 202 g/mol. The van der Waals surface area contributed by atoms with Crippen LogP contribution < -0.4 is 5.56 Å². The first-order chi connectivity index (χ1) is 7.31. The van der Waals surface area contributed by atoms with E-state index in [2.05, 4.69) is 11.9 Å². The molecule has 0 aromatic carbocycles. The Hall–Kier alpha value is -1.64. The van der Waals surface area contributed by atoms with E-state index in [9.17, 15) is 4.79 Å². The summed E-state index contributed by atoms with van der Waals surface area (Å²) in [5.74, 6) is 0. The molecule has 2 aromatic rings. The van der Waals surface area contributed by atoms with E-state index in [-0.39, 0.29) is 5.56 Å². The van der Waals surface area contributed by atoms with Crippen LogP contribution in [0, 0.1) is 0 Å². The van der Waals surface area contributed by atoms with Gasteiger partial charge < -0.3 is 0 Å². The molecule has 0 fully saturated rings. The van der Waals surface area contributed by atoms with Gasteiger partial charge in [0.15, 0.2) is 0 Å². The molecule has 3 heteroatoms. The minimum absolute atomic E-state index is 0.00621. The van der Waals surface area contributed by atoms with E-state index < -0.39 is 0 Å². The van der Waals surface area contributed by atoms with Gasteiger partial charge in [-0.1, -0.05) is 19.4 Å². The Bertz CT molecular complexity index is 516. The number of hydrogen-bond acceptors (Lipinski definition) is 2. The average Bonchev–Trinajstić information content (AvgIpc) is 2.26. The van der Waals surface area contributed by atoms with Crippen molar-refractivity contribution in [2.45, 2.75) is 26.2 Å². The highest BCUT2D eigenvalue weighted by Gasteiger charge is 2.00. The number of hydrogen-bond donors (Lipinski definition) is 0. The van der Waals surface area contributed by atoms with Gasteiger partial charge in [-0.2, -0.15) is 0 Å². The quantitative estimate of drug-likeness (QED) is 0.763. The van der Waals surface area contributed by atoms with Crippen molar-refractivity contribution in [2.24, 2.45) is 0 Å². The second-order valence-corrected chi connectivity index (χ2v) is 3.62. The topological polar surface area (TPSA) is 34.4 Å². The Morgan fingerprint density at radius 1 is 1.40 bits per heavy atom. The number of fused-ring (bicyclic) bond motifs is 1. The lowest BCUT2D eigenvalue weighted by Crippen LogP contribution is -2.15. The Balaban J connectivity index is 2.48. The molecular weight excluding hydrogens is 188 g/mol. The molecule has 0 aliphatic rings. The van der Waals surface area contributed by atoms with Crippen molar-refractivity contribution in [1.82, 2.24) is 9.38 Å². The van der Waals surface area contributed by atoms with E-state index in [0.717, 1.165) is 30.6 Å². The van der Waals surface area contributed by atoms with Crippen molar-refractivity contribution in [2.75, 3.05) is 0 Å². The summed E-state index contributed by atoms with van der Waals surface area (Å²) in [6.45, 7) is 2.13. The molecule has 78 valence electrons. The van der Waals surface area contributed by atoms with Crippen LogP contribution in [0.1, 0.15) is 25.5 Å². The van der Waals surface area contributed by atoms with E-state index in [1.807, 2.05) is 18.2 Å². The van der Waals surface area contributed by atoms with Gasteiger partial charge in [-0.3, -0.25) is 9.20 Å². The van der Waals surface area contributed by atoms with Crippen LogP contribution in [-0.2, 0) is 6.42 Å². The number of aromatic nitrogens is 2. The summed E-state index contributed by atoms with van der Waals surface area (Å²) >= 11 is 0. The highest BCUT2D eigenvalue weighted by atomic mass is 16.1. The van der Waals surface area contributed by atoms with Gasteiger partial charge in [0.2, 0.25) is 0 Å². The predicted molar refractivity (Wildman–Crippen MR) is 60.1 cm³/mol. The molecule has 2 heterocycles. The third kappa shape index (κ3) is 2.06. The summed E-state index contributed by atoms with van der Waals surface area (Å²) in [5, 5.41) is 0. The lowest BCUT2D eigenvalue weighted by Gasteiger charge is -2.02. The normalized spacial score (nSPS) is 10.7. The molecule has 0 atom stereocenters. The number of pyridine rings is 1. The van der Waals surface area contributed by atoms with Crippen molar-refractivity contribution in [1.29, 1.82) is 0 Å². The minimum atomic E-state index is 0.00621. The van der Waals surface area contributed by atoms with Gasteiger partial charge in [0.25, 0.3) is 5.56 Å². The second kappa shape index (κ2) is 4.26. The molecule has 0 radical (unpaired) electrons. The lowest BCUT2D eigenvalue weighted by molar-refractivity contribution is 0.773. The Morgan fingerprint density at radius 2 is 2.27 bits per heavy atom. The molecule has 0 bridgehead atoms. The maximum absolute atomic E-state index is 11.7. The van der Waals surface area contributed by atoms with Crippen LogP contribution in [0.4, 0.5) is 0 Å². The average molecular weight is 202 g/mol. The molecule has 0 amide bonds. The zero-order valence-electron chi connectivity index (χ0n) is 8.81. The van der Waals surface area contributed by atoms with Crippen molar-refractivity contribution in [3.8, 4) is 0 Å². The summed E-state index contributed by atoms with van der Waals surface area (Å²) in [6.07, 6.45) is 4.83. The van der Waals surface area contributed by atoms with E-state index >= 15 is 0 Å². The predicted octanol–water partition coefficient (Wildman–Crippen LogP) is 2.04. The first kappa shape index (κ1) is 9.90. The first-order valence-electron chi connectivity index (χ1n) is 5.28. The second-order valence-electron chi connectivity index (χ2n) is 3.62. The third-order valence-electron chi connectivity index (χ3n) is 2.41. The molecule has 0 spiro atoms. The minimum Gasteiger partial charge on any atom is -0.269 e. The lowest BCUT2D eigenvalue weighted by atomic mass is 10.2. The number of rotatable bonds is 3. The molecule has 0 saturated heterocycles. The van der Waals surface area contributed by atoms with Gasteiger partial charge in [-0.05, 0) is 25.0 Å². The fourth-order valence-electron chi connectivity index (χ4n) is 1.59. The number of nitrogens with zero attached hydrogens (tertiary/aromatic N) is 2. The van der Waals surface area contributed by atoms with Crippen molar-refractivity contribution < 1.29 is 0 Å². The number of aryl methyl sites for hydroxylation is 1. The Labute approximate surface area is 88.4 Å². The molecular formula is C12H14N2O. The van der Waals surface area contributed by atoms with Crippen molar-refractivity contribution in [3.63, 3.8) is 0 Å². The van der Waals surface area contributed by atoms with Crippen LogP contribution in [0.25, 0.3) is 5.65 Å². The fourth-order valence-corrected chi connectivity index (χ4v) is 1.59. The third-order valence-corrected chi connectivity index (χ3v) is 2.41. The van der Waals surface area contributed by atoms with Gasteiger partial charge in [0.1, 0.15) is 5.65 Å². The largest absolute Gasteiger partial charge is 0.269 e. The molecule has 2 aromatic heterocycles. The van der Waals surface area contributed by atoms with Crippen molar-refractivity contribution >= 4 is 5.65 Å². The summed E-state index contributed by atoms with van der Waals surface area (Å²) < 4.78 is 1.56. The standard InChI is InChI=1S/C12H14N2O/c1-2-3-6-10-9-12(15)14-8-5-4-7-11(14)13-10/h4-5,7-9H,2-3,6H2,1H3. The van der Waals surface area contributed by atoms with Crippen LogP contribution >= 0.6 is 0 Å². The Kier molecular flexibility index (Phi) is 2.81. The highest BCUT2D eigenvalue weighted by molar-refractivity contribution is 5.37. The van der Waals surface area contributed by atoms with Crippen LogP contribution in [0.3, 0.4) is 0 Å². The first-order valence-corrected chi connectivity index (χ1v) is 5.28. The van der Waals surface area contributed by atoms with Crippen LogP contribution in [-0.4, -0.2) is 9.38 Å².